The van der Waals surface area contributed by atoms with E-state index in [4.69, 9.17) is 14.2 Å². The van der Waals surface area contributed by atoms with Gasteiger partial charge in [0.25, 0.3) is 0 Å². The van der Waals surface area contributed by atoms with E-state index in [1.54, 1.807) is 6.08 Å². The van der Waals surface area contributed by atoms with Gasteiger partial charge in [0.2, 0.25) is 5.91 Å². The van der Waals surface area contributed by atoms with Crippen molar-refractivity contribution in [3.63, 3.8) is 0 Å². The third kappa shape index (κ3) is 9.89. The summed E-state index contributed by atoms with van der Waals surface area (Å²) < 4.78 is 16.0. The number of esters is 1. The average molecular weight is 550 g/mol. The molecule has 1 saturated heterocycles. The van der Waals surface area contributed by atoms with Gasteiger partial charge in [-0.2, -0.15) is 0 Å². The third-order valence-electron chi connectivity index (χ3n) is 7.36. The summed E-state index contributed by atoms with van der Waals surface area (Å²) in [5.41, 5.74) is -0.675. The molecule has 0 aromatic heterocycles. The number of allylic oxidation sites excluding steroid dienone is 2. The summed E-state index contributed by atoms with van der Waals surface area (Å²) in [5, 5.41) is 5.52. The fourth-order valence-electron chi connectivity index (χ4n) is 5.22. The second kappa shape index (κ2) is 15.5. The summed E-state index contributed by atoms with van der Waals surface area (Å²) in [6, 6.07) is -2.38. The quantitative estimate of drug-likeness (QED) is 0.159. The van der Waals surface area contributed by atoms with Crippen LogP contribution < -0.4 is 10.6 Å². The first-order chi connectivity index (χ1) is 18.5. The molecule has 39 heavy (non-hydrogen) atoms. The maximum Gasteiger partial charge on any atom is 0.407 e. The van der Waals surface area contributed by atoms with Gasteiger partial charge in [-0.25, -0.2) is 14.4 Å². The molecule has 2 fully saturated rings. The fraction of sp³-hybridized carbons (Fsp3) is 0.724. The number of rotatable bonds is 12. The van der Waals surface area contributed by atoms with Gasteiger partial charge in [-0.3, -0.25) is 4.79 Å². The van der Waals surface area contributed by atoms with Crippen molar-refractivity contribution in [2.75, 3.05) is 20.3 Å². The molecule has 1 aliphatic carbocycles. The van der Waals surface area contributed by atoms with Crippen molar-refractivity contribution in [3.8, 4) is 0 Å². The van der Waals surface area contributed by atoms with Gasteiger partial charge in [-0.1, -0.05) is 39.3 Å². The van der Waals surface area contributed by atoms with Crippen LogP contribution in [0.3, 0.4) is 0 Å². The number of hydrogen-bond donors (Lipinski definition) is 2. The highest BCUT2D eigenvalue weighted by molar-refractivity contribution is 5.91. The van der Waals surface area contributed by atoms with E-state index in [-0.39, 0.29) is 31.6 Å². The number of nitrogens with zero attached hydrogens (tertiary/aromatic N) is 1. The Morgan fingerprint density at radius 2 is 1.77 bits per heavy atom. The van der Waals surface area contributed by atoms with Gasteiger partial charge in [0.1, 0.15) is 18.2 Å². The average Bonchev–Trinajstić information content (AvgIpc) is 3.30. The van der Waals surface area contributed by atoms with Crippen LogP contribution >= 0.6 is 0 Å². The van der Waals surface area contributed by atoms with Crippen LogP contribution in [0.2, 0.25) is 0 Å². The molecule has 0 spiro atoms. The number of unbranched alkanes of at least 4 members (excludes halogenated alkanes) is 2. The first-order valence-corrected chi connectivity index (χ1v) is 14.0. The zero-order chi connectivity index (χ0) is 29.0. The van der Waals surface area contributed by atoms with Crippen LogP contribution in [0.25, 0.3) is 0 Å². The van der Waals surface area contributed by atoms with Crippen LogP contribution in [0.15, 0.2) is 25.3 Å². The van der Waals surface area contributed by atoms with E-state index in [1.807, 2.05) is 26.8 Å². The maximum absolute atomic E-state index is 13.7. The van der Waals surface area contributed by atoms with Crippen molar-refractivity contribution in [1.82, 2.24) is 15.5 Å². The van der Waals surface area contributed by atoms with Crippen LogP contribution in [0.1, 0.15) is 78.6 Å². The summed E-state index contributed by atoms with van der Waals surface area (Å²) in [6.45, 7) is 13.2. The Morgan fingerprint density at radius 1 is 1.05 bits per heavy atom. The second-order valence-corrected chi connectivity index (χ2v) is 11.5. The fourth-order valence-corrected chi connectivity index (χ4v) is 5.22. The zero-order valence-electron chi connectivity index (χ0n) is 24.0. The number of carbonyl (C=O) groups is 4. The SMILES string of the molecule is C=CCCCCOC(=O)N[C@H](C(=O)N1C[C@H](NC(=O)OC2CCCCC2CC=C)C[C@H]1C(=O)OC)C(C)(C)C. The molecule has 2 unspecified atom stereocenters. The number of likely N-dealkylation sites (tertiary alicyclic amines) is 1. The Bertz CT molecular complexity index is 869. The molecule has 0 bridgehead atoms. The standard InChI is InChI=1S/C29H47N3O7/c1-7-9-10-13-17-38-27(35)31-24(29(3,4)5)25(33)32-19-21(18-22(32)26(34)37-6)30-28(36)39-23-16-12-11-15-20(23)14-8-2/h7-8,20-24H,1-2,9-19H2,3-6H3,(H,30,36)(H,31,35)/t20?,21-,22+,23?,24-/m1/s1. The van der Waals surface area contributed by atoms with Gasteiger partial charge in [0, 0.05) is 13.0 Å². The van der Waals surface area contributed by atoms with Crippen LogP contribution in [0.4, 0.5) is 9.59 Å². The number of amides is 3. The minimum absolute atomic E-state index is 0.0827. The molecule has 2 N–H and O–H groups in total. The highest BCUT2D eigenvalue weighted by Crippen LogP contribution is 2.30. The van der Waals surface area contributed by atoms with Crippen molar-refractivity contribution in [3.05, 3.63) is 25.3 Å². The Hall–Kier alpha value is -3.04. The summed E-state index contributed by atoms with van der Waals surface area (Å²) in [6.07, 6.45) is 9.42. The number of carbonyl (C=O) groups excluding carboxylic acids is 4. The summed E-state index contributed by atoms with van der Waals surface area (Å²) in [4.78, 5) is 53.0. The van der Waals surface area contributed by atoms with Gasteiger partial charge >= 0.3 is 18.2 Å². The molecule has 0 radical (unpaired) electrons. The highest BCUT2D eigenvalue weighted by Gasteiger charge is 2.46. The van der Waals surface area contributed by atoms with E-state index < -0.39 is 47.6 Å². The van der Waals surface area contributed by atoms with Crippen LogP contribution in [-0.4, -0.2) is 73.5 Å². The van der Waals surface area contributed by atoms with E-state index in [0.717, 1.165) is 44.9 Å². The van der Waals surface area contributed by atoms with Crippen molar-refractivity contribution in [2.24, 2.45) is 11.3 Å². The number of alkyl carbamates (subject to hydrolysis) is 2. The molecular weight excluding hydrogens is 502 g/mol. The van der Waals surface area contributed by atoms with Crippen molar-refractivity contribution in [2.45, 2.75) is 103 Å². The lowest BCUT2D eigenvalue weighted by atomic mass is 9.84. The van der Waals surface area contributed by atoms with E-state index in [2.05, 4.69) is 23.8 Å². The second-order valence-electron chi connectivity index (χ2n) is 11.5. The number of ether oxygens (including phenoxy) is 3. The lowest BCUT2D eigenvalue weighted by Gasteiger charge is -2.34. The smallest absolute Gasteiger partial charge is 0.407 e. The van der Waals surface area contributed by atoms with E-state index in [1.165, 1.54) is 12.0 Å². The Labute approximate surface area is 232 Å². The lowest BCUT2D eigenvalue weighted by molar-refractivity contribution is -0.152. The molecule has 1 aliphatic heterocycles. The van der Waals surface area contributed by atoms with Crippen LogP contribution in [0, 0.1) is 11.3 Å². The van der Waals surface area contributed by atoms with Crippen LogP contribution in [-0.2, 0) is 23.8 Å². The molecule has 2 rings (SSSR count). The predicted octanol–water partition coefficient (Wildman–Crippen LogP) is 4.49. The highest BCUT2D eigenvalue weighted by atomic mass is 16.6. The predicted molar refractivity (Wildman–Crippen MR) is 148 cm³/mol. The van der Waals surface area contributed by atoms with Crippen molar-refractivity contribution in [1.29, 1.82) is 0 Å². The normalized spacial score (nSPS) is 23.7. The van der Waals surface area contributed by atoms with E-state index >= 15 is 0 Å². The van der Waals surface area contributed by atoms with Crippen LogP contribution in [0.5, 0.6) is 0 Å². The third-order valence-corrected chi connectivity index (χ3v) is 7.36. The number of nitrogens with one attached hydrogen (secondary N) is 2. The molecule has 10 nitrogen and oxygen atoms in total. The molecule has 5 atom stereocenters. The first kappa shape index (κ1) is 32.2. The molecule has 1 saturated carbocycles. The molecule has 2 aliphatic rings. The van der Waals surface area contributed by atoms with Crippen molar-refractivity contribution < 1.29 is 33.4 Å². The summed E-state index contributed by atoms with van der Waals surface area (Å²) in [5.74, 6) is -0.791. The maximum atomic E-state index is 13.7. The monoisotopic (exact) mass is 549 g/mol. The molecule has 0 aromatic carbocycles. The largest absolute Gasteiger partial charge is 0.467 e. The molecule has 10 heteroatoms. The van der Waals surface area contributed by atoms with Gasteiger partial charge in [0.15, 0.2) is 0 Å². The Kier molecular flexibility index (Phi) is 12.8. The van der Waals surface area contributed by atoms with Gasteiger partial charge < -0.3 is 29.7 Å². The Balaban J connectivity index is 2.06. The van der Waals surface area contributed by atoms with Gasteiger partial charge in [-0.15, -0.1) is 13.2 Å². The zero-order valence-corrected chi connectivity index (χ0v) is 24.0. The summed E-state index contributed by atoms with van der Waals surface area (Å²) in [7, 11) is 1.26. The Morgan fingerprint density at radius 3 is 2.41 bits per heavy atom. The summed E-state index contributed by atoms with van der Waals surface area (Å²) >= 11 is 0. The first-order valence-electron chi connectivity index (χ1n) is 14.0. The van der Waals surface area contributed by atoms with E-state index in [9.17, 15) is 19.2 Å². The van der Waals surface area contributed by atoms with E-state index in [0.29, 0.717) is 6.42 Å². The van der Waals surface area contributed by atoms with Crippen molar-refractivity contribution >= 4 is 24.1 Å². The molecular formula is C29H47N3O7. The van der Waals surface area contributed by atoms with Gasteiger partial charge in [-0.05, 0) is 56.3 Å². The lowest BCUT2D eigenvalue weighted by Crippen LogP contribution is -2.57. The number of hydrogen-bond acceptors (Lipinski definition) is 7. The number of methoxy groups -OCH3 is 1. The molecule has 3 amide bonds. The molecule has 1 heterocycles. The topological polar surface area (TPSA) is 123 Å². The molecule has 220 valence electrons. The van der Waals surface area contributed by atoms with Gasteiger partial charge in [0.05, 0.1) is 19.8 Å². The minimum atomic E-state index is -0.960. The minimum Gasteiger partial charge on any atom is -0.467 e. The molecule has 0 aromatic rings.